The Kier molecular flexibility index (Phi) is 7.47. The van der Waals surface area contributed by atoms with Gasteiger partial charge in [-0.15, -0.1) is 12.4 Å². The molecule has 1 aliphatic carbocycles. The monoisotopic (exact) mass is 362 g/mol. The van der Waals surface area contributed by atoms with Crippen molar-refractivity contribution >= 4 is 28.4 Å². The average Bonchev–Trinajstić information content (AvgIpc) is 2.54. The van der Waals surface area contributed by atoms with Crippen molar-refractivity contribution < 1.29 is 17.9 Å². The van der Waals surface area contributed by atoms with E-state index < -0.39 is 16.0 Å². The Morgan fingerprint density at radius 2 is 2.04 bits per heavy atom. The molecule has 23 heavy (non-hydrogen) atoms. The minimum absolute atomic E-state index is 0. The van der Waals surface area contributed by atoms with Crippen LogP contribution in [0.15, 0.2) is 29.2 Å². The fraction of sp³-hybridized carbons (Fsp3) is 0.533. The van der Waals surface area contributed by atoms with Gasteiger partial charge in [-0.2, -0.15) is 0 Å². The average molecular weight is 363 g/mol. The predicted molar refractivity (Wildman–Crippen MR) is 90.2 cm³/mol. The Morgan fingerprint density at radius 1 is 1.35 bits per heavy atom. The van der Waals surface area contributed by atoms with Crippen molar-refractivity contribution in [1.29, 1.82) is 0 Å². The highest BCUT2D eigenvalue weighted by molar-refractivity contribution is 7.89. The first-order valence-corrected chi connectivity index (χ1v) is 8.87. The smallest absolute Gasteiger partial charge is 0.337 e. The van der Waals surface area contributed by atoms with Crippen LogP contribution in [0.25, 0.3) is 0 Å². The van der Waals surface area contributed by atoms with Crippen molar-refractivity contribution in [3.05, 3.63) is 29.8 Å². The second-order valence-corrected chi connectivity index (χ2v) is 7.24. The van der Waals surface area contributed by atoms with Crippen LogP contribution < -0.4 is 10.5 Å². The molecule has 1 fully saturated rings. The van der Waals surface area contributed by atoms with Crippen LogP contribution in [-0.4, -0.2) is 34.1 Å². The summed E-state index contributed by atoms with van der Waals surface area (Å²) in [6.07, 6.45) is 3.80. The minimum Gasteiger partial charge on any atom is -0.465 e. The summed E-state index contributed by atoms with van der Waals surface area (Å²) < 4.78 is 32.4. The van der Waals surface area contributed by atoms with Crippen molar-refractivity contribution in [1.82, 2.24) is 4.72 Å². The van der Waals surface area contributed by atoms with Gasteiger partial charge in [-0.25, -0.2) is 17.9 Å². The molecule has 2 rings (SSSR count). The number of hydrogen-bond donors (Lipinski definition) is 2. The number of rotatable bonds is 5. The Morgan fingerprint density at radius 3 is 2.70 bits per heavy atom. The standard InChI is InChI=1S/C15H22N2O4S.ClH/c1-21-15(18)11-6-4-7-13(9-11)22(19,20)17-14-8-3-2-5-12(14)10-16;/h4,6-7,9,12,14,17H,2-3,5,8,10,16H2,1H3;1H. The maximum Gasteiger partial charge on any atom is 0.337 e. The van der Waals surface area contributed by atoms with Gasteiger partial charge < -0.3 is 10.5 Å². The molecule has 1 aromatic rings. The highest BCUT2D eigenvalue weighted by atomic mass is 35.5. The van der Waals surface area contributed by atoms with E-state index in [9.17, 15) is 13.2 Å². The molecule has 1 saturated carbocycles. The maximum atomic E-state index is 12.5. The van der Waals surface area contributed by atoms with Crippen LogP contribution in [0.5, 0.6) is 0 Å². The van der Waals surface area contributed by atoms with Crippen molar-refractivity contribution in [3.8, 4) is 0 Å². The molecule has 2 atom stereocenters. The van der Waals surface area contributed by atoms with E-state index in [1.165, 1.54) is 31.4 Å². The fourth-order valence-electron chi connectivity index (χ4n) is 2.82. The zero-order valence-electron chi connectivity index (χ0n) is 13.0. The van der Waals surface area contributed by atoms with Crippen molar-refractivity contribution in [2.45, 2.75) is 36.6 Å². The molecule has 1 aromatic carbocycles. The van der Waals surface area contributed by atoms with E-state index in [-0.39, 0.29) is 34.8 Å². The van der Waals surface area contributed by atoms with Gasteiger partial charge >= 0.3 is 5.97 Å². The lowest BCUT2D eigenvalue weighted by molar-refractivity contribution is 0.0600. The zero-order valence-corrected chi connectivity index (χ0v) is 14.7. The van der Waals surface area contributed by atoms with Gasteiger partial charge in [-0.1, -0.05) is 18.9 Å². The number of ether oxygens (including phenoxy) is 1. The Bertz CT molecular complexity index is 636. The minimum atomic E-state index is -3.68. The molecule has 0 spiro atoms. The molecule has 0 bridgehead atoms. The number of nitrogens with two attached hydrogens (primary N) is 1. The Labute approximate surface area is 143 Å². The van der Waals surface area contributed by atoms with Crippen LogP contribution in [0, 0.1) is 5.92 Å². The second-order valence-electron chi connectivity index (χ2n) is 5.53. The van der Waals surface area contributed by atoms with E-state index in [2.05, 4.69) is 9.46 Å². The first-order valence-electron chi connectivity index (χ1n) is 7.38. The largest absolute Gasteiger partial charge is 0.465 e. The number of carbonyl (C=O) groups excluding carboxylic acids is 1. The molecule has 0 aromatic heterocycles. The van der Waals surface area contributed by atoms with E-state index in [4.69, 9.17) is 5.73 Å². The first kappa shape index (κ1) is 19.9. The fourth-order valence-corrected chi connectivity index (χ4v) is 4.21. The maximum absolute atomic E-state index is 12.5. The Hall–Kier alpha value is -1.15. The summed E-state index contributed by atoms with van der Waals surface area (Å²) in [7, 11) is -2.42. The summed E-state index contributed by atoms with van der Waals surface area (Å²) >= 11 is 0. The molecule has 8 heteroatoms. The molecule has 0 aliphatic heterocycles. The molecule has 0 radical (unpaired) electrons. The predicted octanol–water partition coefficient (Wildman–Crippen LogP) is 1.69. The van der Waals surface area contributed by atoms with E-state index in [1.54, 1.807) is 0 Å². The van der Waals surface area contributed by atoms with Gasteiger partial charge in [-0.05, 0) is 43.5 Å². The van der Waals surface area contributed by atoms with Gasteiger partial charge in [0.15, 0.2) is 0 Å². The third kappa shape index (κ3) is 4.91. The van der Waals surface area contributed by atoms with Gasteiger partial charge in [0.1, 0.15) is 0 Å². The molecule has 0 amide bonds. The van der Waals surface area contributed by atoms with Gasteiger partial charge in [0.05, 0.1) is 17.6 Å². The lowest BCUT2D eigenvalue weighted by atomic mass is 9.85. The van der Waals surface area contributed by atoms with Crippen LogP contribution in [0.3, 0.4) is 0 Å². The number of sulfonamides is 1. The van der Waals surface area contributed by atoms with Crippen molar-refractivity contribution in [2.75, 3.05) is 13.7 Å². The van der Waals surface area contributed by atoms with Gasteiger partial charge in [0.2, 0.25) is 10.0 Å². The summed E-state index contributed by atoms with van der Waals surface area (Å²) in [5.41, 5.74) is 5.95. The van der Waals surface area contributed by atoms with Gasteiger partial charge in [0.25, 0.3) is 0 Å². The molecule has 1 aliphatic rings. The summed E-state index contributed by atoms with van der Waals surface area (Å²) in [4.78, 5) is 11.6. The normalized spacial score (nSPS) is 21.3. The molecule has 2 unspecified atom stereocenters. The number of methoxy groups -OCH3 is 1. The SMILES string of the molecule is COC(=O)c1cccc(S(=O)(=O)NC2CCCCC2CN)c1.Cl. The van der Waals surface area contributed by atoms with E-state index in [1.807, 2.05) is 0 Å². The molecule has 130 valence electrons. The number of hydrogen-bond acceptors (Lipinski definition) is 5. The molecule has 3 N–H and O–H groups in total. The summed E-state index contributed by atoms with van der Waals surface area (Å²) in [5.74, 6) is -0.401. The quantitative estimate of drug-likeness (QED) is 0.776. The highest BCUT2D eigenvalue weighted by Gasteiger charge is 2.28. The van der Waals surface area contributed by atoms with Crippen molar-refractivity contribution in [2.24, 2.45) is 11.7 Å². The van der Waals surface area contributed by atoms with Crippen LogP contribution in [0.2, 0.25) is 0 Å². The summed E-state index contributed by atoms with van der Waals surface area (Å²) in [5, 5.41) is 0. The van der Waals surface area contributed by atoms with E-state index in [0.29, 0.717) is 6.54 Å². The van der Waals surface area contributed by atoms with E-state index in [0.717, 1.165) is 25.7 Å². The van der Waals surface area contributed by atoms with E-state index >= 15 is 0 Å². The third-order valence-corrected chi connectivity index (χ3v) is 5.57. The molecular weight excluding hydrogens is 340 g/mol. The van der Waals surface area contributed by atoms with Crippen LogP contribution >= 0.6 is 12.4 Å². The Balaban J connectivity index is 0.00000264. The second kappa shape index (κ2) is 8.63. The topological polar surface area (TPSA) is 98.5 Å². The zero-order chi connectivity index (χ0) is 16.2. The molecular formula is C15H23ClN2O4S. The summed E-state index contributed by atoms with van der Waals surface area (Å²) in [6.45, 7) is 0.468. The number of esters is 1. The third-order valence-electron chi connectivity index (χ3n) is 4.08. The summed E-state index contributed by atoms with van der Waals surface area (Å²) in [6, 6.07) is 5.70. The van der Waals surface area contributed by atoms with Crippen LogP contribution in [0.1, 0.15) is 36.0 Å². The van der Waals surface area contributed by atoms with Gasteiger partial charge in [0, 0.05) is 6.04 Å². The molecule has 0 saturated heterocycles. The van der Waals surface area contributed by atoms with Crippen molar-refractivity contribution in [3.63, 3.8) is 0 Å². The lowest BCUT2D eigenvalue weighted by Crippen LogP contribution is -2.44. The van der Waals surface area contributed by atoms with Crippen LogP contribution in [0.4, 0.5) is 0 Å². The highest BCUT2D eigenvalue weighted by Crippen LogP contribution is 2.25. The van der Waals surface area contributed by atoms with Crippen LogP contribution in [-0.2, 0) is 14.8 Å². The first-order chi connectivity index (χ1) is 10.5. The molecule has 6 nitrogen and oxygen atoms in total. The number of carbonyl (C=O) groups is 1. The molecule has 0 heterocycles. The number of nitrogens with one attached hydrogen (secondary N) is 1. The number of benzene rings is 1. The van der Waals surface area contributed by atoms with Gasteiger partial charge in [-0.3, -0.25) is 0 Å². The lowest BCUT2D eigenvalue weighted by Gasteiger charge is -2.31. The number of halogens is 1.